The minimum Gasteiger partial charge on any atom is -0.364 e. The number of rotatable bonds is 4. The summed E-state index contributed by atoms with van der Waals surface area (Å²) in [7, 11) is 0. The lowest BCUT2D eigenvalue weighted by molar-refractivity contribution is 0.863. The van der Waals surface area contributed by atoms with Crippen LogP contribution in [0, 0.1) is 0 Å². The maximum atomic E-state index is 4.29. The molecule has 0 spiro atoms. The van der Waals surface area contributed by atoms with Gasteiger partial charge in [-0.25, -0.2) is 19.6 Å². The van der Waals surface area contributed by atoms with E-state index < -0.39 is 0 Å². The van der Waals surface area contributed by atoms with Gasteiger partial charge in [-0.3, -0.25) is 0 Å². The number of fused-ring (bicyclic) bond motifs is 1. The van der Waals surface area contributed by atoms with Gasteiger partial charge in [0.05, 0.1) is 12.0 Å². The van der Waals surface area contributed by atoms with Crippen molar-refractivity contribution < 1.29 is 0 Å². The fraction of sp³-hybridized carbons (Fsp3) is 0.0667. The van der Waals surface area contributed by atoms with Crippen LogP contribution in [0.5, 0.6) is 0 Å². The molecule has 4 aromatic rings. The predicted molar refractivity (Wildman–Crippen MR) is 82.6 cm³/mol. The molecule has 4 rings (SSSR count). The molecule has 7 nitrogen and oxygen atoms in total. The van der Waals surface area contributed by atoms with E-state index in [9.17, 15) is 0 Å². The van der Waals surface area contributed by atoms with E-state index in [1.807, 2.05) is 35.1 Å². The van der Waals surface area contributed by atoms with Gasteiger partial charge in [0.2, 0.25) is 0 Å². The van der Waals surface area contributed by atoms with Gasteiger partial charge in [-0.1, -0.05) is 18.2 Å². The molecule has 3 heterocycles. The number of H-pyrrole nitrogens is 1. The van der Waals surface area contributed by atoms with Gasteiger partial charge in [0.15, 0.2) is 11.5 Å². The van der Waals surface area contributed by atoms with Gasteiger partial charge in [-0.05, 0) is 17.7 Å². The molecule has 22 heavy (non-hydrogen) atoms. The van der Waals surface area contributed by atoms with Gasteiger partial charge in [0.25, 0.3) is 0 Å². The van der Waals surface area contributed by atoms with Crippen LogP contribution in [0.4, 0.5) is 5.82 Å². The van der Waals surface area contributed by atoms with E-state index in [4.69, 9.17) is 0 Å². The lowest BCUT2D eigenvalue weighted by Crippen LogP contribution is -2.07. The second-order valence-electron chi connectivity index (χ2n) is 4.76. The second-order valence-corrected chi connectivity index (χ2v) is 4.76. The van der Waals surface area contributed by atoms with Crippen LogP contribution in [0.2, 0.25) is 0 Å². The molecule has 0 aliphatic carbocycles. The van der Waals surface area contributed by atoms with E-state index >= 15 is 0 Å². The van der Waals surface area contributed by atoms with Crippen LogP contribution >= 0.6 is 0 Å². The molecule has 0 unspecified atom stereocenters. The lowest BCUT2D eigenvalue weighted by Gasteiger charge is -2.11. The van der Waals surface area contributed by atoms with Gasteiger partial charge in [-0.2, -0.15) is 5.10 Å². The molecule has 3 aromatic heterocycles. The lowest BCUT2D eigenvalue weighted by atomic mass is 10.2. The molecular weight excluding hydrogens is 278 g/mol. The number of nitrogens with one attached hydrogen (secondary N) is 2. The number of anilines is 1. The summed E-state index contributed by atoms with van der Waals surface area (Å²) in [6.45, 7) is 0.626. The molecule has 0 saturated heterocycles. The molecule has 0 atom stereocenters. The van der Waals surface area contributed by atoms with Gasteiger partial charge in [-0.15, -0.1) is 0 Å². The zero-order chi connectivity index (χ0) is 14.8. The molecular formula is C15H13N7. The van der Waals surface area contributed by atoms with Crippen molar-refractivity contribution in [2.75, 3.05) is 5.32 Å². The number of benzene rings is 1. The molecule has 0 fully saturated rings. The monoisotopic (exact) mass is 291 g/mol. The molecule has 0 amide bonds. The highest BCUT2D eigenvalue weighted by molar-refractivity contribution is 5.81. The zero-order valence-electron chi connectivity index (χ0n) is 11.6. The fourth-order valence-corrected chi connectivity index (χ4v) is 2.37. The second kappa shape index (κ2) is 5.28. The van der Waals surface area contributed by atoms with Gasteiger partial charge >= 0.3 is 0 Å². The van der Waals surface area contributed by atoms with Crippen molar-refractivity contribution in [2.45, 2.75) is 6.54 Å². The summed E-state index contributed by atoms with van der Waals surface area (Å²) in [6, 6.07) is 10.0. The molecule has 0 saturated carbocycles. The molecule has 108 valence electrons. The van der Waals surface area contributed by atoms with E-state index in [0.717, 1.165) is 22.6 Å². The van der Waals surface area contributed by atoms with Crippen molar-refractivity contribution in [3.63, 3.8) is 0 Å². The average Bonchev–Trinajstić information content (AvgIpc) is 3.24. The van der Waals surface area contributed by atoms with E-state index in [1.165, 1.54) is 6.33 Å². The Morgan fingerprint density at radius 1 is 1.09 bits per heavy atom. The number of para-hydroxylation sites is 1. The fourth-order valence-electron chi connectivity index (χ4n) is 2.37. The maximum Gasteiger partial charge on any atom is 0.182 e. The molecule has 0 aliphatic rings. The Bertz CT molecular complexity index is 895. The van der Waals surface area contributed by atoms with Crippen LogP contribution in [0.25, 0.3) is 16.9 Å². The maximum absolute atomic E-state index is 4.29. The van der Waals surface area contributed by atoms with Crippen LogP contribution < -0.4 is 5.32 Å². The van der Waals surface area contributed by atoms with E-state index in [2.05, 4.69) is 36.4 Å². The van der Waals surface area contributed by atoms with Crippen molar-refractivity contribution in [1.82, 2.24) is 29.7 Å². The molecule has 2 N–H and O–H groups in total. The summed E-state index contributed by atoms with van der Waals surface area (Å²) < 4.78 is 1.85. The highest BCUT2D eigenvalue weighted by Crippen LogP contribution is 2.18. The third kappa shape index (κ3) is 2.18. The Hall–Kier alpha value is -3.22. The standard InChI is InChI=1S/C15H13N7/c1-2-5-12(22-7-3-6-21-22)11(4-1)8-16-14-13-15(18-9-17-13)20-10-19-14/h1-7,9-10H,8H2,(H2,16,17,18,19,20). The quantitative estimate of drug-likeness (QED) is 0.602. The Morgan fingerprint density at radius 2 is 2.05 bits per heavy atom. The number of aromatic amines is 1. The molecule has 0 radical (unpaired) electrons. The van der Waals surface area contributed by atoms with Crippen LogP contribution in [0.15, 0.2) is 55.4 Å². The summed E-state index contributed by atoms with van der Waals surface area (Å²) in [5, 5.41) is 7.62. The topological polar surface area (TPSA) is 84.3 Å². The third-order valence-electron chi connectivity index (χ3n) is 3.41. The van der Waals surface area contributed by atoms with Gasteiger partial charge in [0.1, 0.15) is 11.8 Å². The van der Waals surface area contributed by atoms with Crippen LogP contribution in [-0.2, 0) is 6.54 Å². The smallest absolute Gasteiger partial charge is 0.182 e. The first-order chi connectivity index (χ1) is 10.9. The first kappa shape index (κ1) is 12.5. The van der Waals surface area contributed by atoms with Crippen molar-refractivity contribution in [2.24, 2.45) is 0 Å². The first-order valence-electron chi connectivity index (χ1n) is 6.88. The Balaban J connectivity index is 1.64. The predicted octanol–water partition coefficient (Wildman–Crippen LogP) is 2.15. The Morgan fingerprint density at radius 3 is 2.95 bits per heavy atom. The minimum atomic E-state index is 0.626. The van der Waals surface area contributed by atoms with Crippen molar-refractivity contribution >= 4 is 17.0 Å². The largest absolute Gasteiger partial charge is 0.364 e. The summed E-state index contributed by atoms with van der Waals surface area (Å²) >= 11 is 0. The highest BCUT2D eigenvalue weighted by atomic mass is 15.3. The third-order valence-corrected chi connectivity index (χ3v) is 3.41. The van der Waals surface area contributed by atoms with Crippen molar-refractivity contribution in [3.05, 3.63) is 60.9 Å². The summed E-state index contributed by atoms with van der Waals surface area (Å²) in [4.78, 5) is 15.6. The Labute approximate surface area is 126 Å². The number of aromatic nitrogens is 6. The SMILES string of the molecule is c1ccc(-n2cccn2)c(CNc2ncnc3nc[nH]c23)c1. The van der Waals surface area contributed by atoms with Gasteiger partial charge < -0.3 is 10.3 Å². The number of imidazole rings is 1. The Kier molecular flexibility index (Phi) is 3.01. The van der Waals surface area contributed by atoms with E-state index in [0.29, 0.717) is 12.2 Å². The van der Waals surface area contributed by atoms with Crippen LogP contribution in [-0.4, -0.2) is 29.7 Å². The zero-order valence-corrected chi connectivity index (χ0v) is 11.6. The van der Waals surface area contributed by atoms with Gasteiger partial charge in [0, 0.05) is 18.9 Å². The van der Waals surface area contributed by atoms with E-state index in [1.54, 1.807) is 12.5 Å². The van der Waals surface area contributed by atoms with Crippen LogP contribution in [0.3, 0.4) is 0 Å². The average molecular weight is 291 g/mol. The first-order valence-corrected chi connectivity index (χ1v) is 6.88. The number of hydrogen-bond acceptors (Lipinski definition) is 5. The molecule has 0 aliphatic heterocycles. The highest BCUT2D eigenvalue weighted by Gasteiger charge is 2.08. The summed E-state index contributed by atoms with van der Waals surface area (Å²) in [6.07, 6.45) is 6.81. The summed E-state index contributed by atoms with van der Waals surface area (Å²) in [5.41, 5.74) is 3.62. The summed E-state index contributed by atoms with van der Waals surface area (Å²) in [5.74, 6) is 0.734. The van der Waals surface area contributed by atoms with Crippen molar-refractivity contribution in [1.29, 1.82) is 0 Å². The van der Waals surface area contributed by atoms with E-state index in [-0.39, 0.29) is 0 Å². The van der Waals surface area contributed by atoms with Crippen LogP contribution in [0.1, 0.15) is 5.56 Å². The molecule has 1 aromatic carbocycles. The number of nitrogens with zero attached hydrogens (tertiary/aromatic N) is 5. The number of hydrogen-bond donors (Lipinski definition) is 2. The normalized spacial score (nSPS) is 10.9. The minimum absolute atomic E-state index is 0.626. The van der Waals surface area contributed by atoms with Crippen molar-refractivity contribution in [3.8, 4) is 5.69 Å². The molecule has 0 bridgehead atoms. The molecule has 7 heteroatoms.